The highest BCUT2D eigenvalue weighted by molar-refractivity contribution is 9.10. The predicted octanol–water partition coefficient (Wildman–Crippen LogP) is 3.87. The van der Waals surface area contributed by atoms with E-state index in [-0.39, 0.29) is 23.7 Å². The summed E-state index contributed by atoms with van der Waals surface area (Å²) in [7, 11) is 1.48. The maximum absolute atomic E-state index is 13.1. The Morgan fingerprint density at radius 2 is 2.05 bits per heavy atom. The third-order valence-corrected chi connectivity index (χ3v) is 3.41. The molecule has 0 saturated heterocycles. The van der Waals surface area contributed by atoms with Crippen LogP contribution in [0, 0.1) is 5.82 Å². The van der Waals surface area contributed by atoms with E-state index in [2.05, 4.69) is 15.9 Å². The number of carbonyl (C=O) groups is 1. The number of ether oxygens (including phenoxy) is 2. The normalized spacial score (nSPS) is 10.2. The summed E-state index contributed by atoms with van der Waals surface area (Å²) >= 11 is 3.09. The minimum atomic E-state index is -1.09. The maximum Gasteiger partial charge on any atom is 0.339 e. The summed E-state index contributed by atoms with van der Waals surface area (Å²) in [5.74, 6) is -0.767. The monoisotopic (exact) mass is 354 g/mol. The molecule has 0 heterocycles. The first-order chi connectivity index (χ1) is 10.0. The number of rotatable bonds is 5. The van der Waals surface area contributed by atoms with Crippen molar-refractivity contribution in [1.29, 1.82) is 0 Å². The van der Waals surface area contributed by atoms with Gasteiger partial charge in [0.05, 0.1) is 11.6 Å². The van der Waals surface area contributed by atoms with Crippen molar-refractivity contribution in [2.24, 2.45) is 0 Å². The predicted molar refractivity (Wildman–Crippen MR) is 78.4 cm³/mol. The highest BCUT2D eigenvalue weighted by atomic mass is 79.9. The summed E-state index contributed by atoms with van der Waals surface area (Å²) in [6, 6.07) is 8.92. The molecule has 0 saturated carbocycles. The number of methoxy groups -OCH3 is 1. The second-order valence-electron chi connectivity index (χ2n) is 4.20. The van der Waals surface area contributed by atoms with Crippen molar-refractivity contribution in [3.8, 4) is 11.5 Å². The number of carboxylic acids is 1. The summed E-state index contributed by atoms with van der Waals surface area (Å²) in [4.78, 5) is 11.2. The Kier molecular flexibility index (Phi) is 4.80. The van der Waals surface area contributed by atoms with Crippen LogP contribution in [-0.4, -0.2) is 18.2 Å². The highest BCUT2D eigenvalue weighted by Gasteiger charge is 2.13. The molecule has 6 heteroatoms. The van der Waals surface area contributed by atoms with Crippen LogP contribution in [0.5, 0.6) is 11.5 Å². The zero-order valence-corrected chi connectivity index (χ0v) is 12.7. The van der Waals surface area contributed by atoms with E-state index in [4.69, 9.17) is 14.6 Å². The van der Waals surface area contributed by atoms with Gasteiger partial charge in [-0.05, 0) is 45.8 Å². The lowest BCUT2D eigenvalue weighted by molar-refractivity contribution is 0.0691. The second-order valence-corrected chi connectivity index (χ2v) is 5.06. The fraction of sp³-hybridized carbons (Fsp3) is 0.133. The zero-order chi connectivity index (χ0) is 15.4. The molecule has 0 radical (unpaired) electrons. The summed E-state index contributed by atoms with van der Waals surface area (Å²) in [6.07, 6.45) is 0. The third-order valence-electron chi connectivity index (χ3n) is 2.80. The van der Waals surface area contributed by atoms with E-state index in [1.165, 1.54) is 25.3 Å². The van der Waals surface area contributed by atoms with Gasteiger partial charge in [-0.25, -0.2) is 9.18 Å². The van der Waals surface area contributed by atoms with Crippen molar-refractivity contribution in [3.05, 3.63) is 57.8 Å². The summed E-state index contributed by atoms with van der Waals surface area (Å²) in [6.45, 7) is 0.117. The quantitative estimate of drug-likeness (QED) is 0.885. The molecule has 0 aromatic heterocycles. The van der Waals surface area contributed by atoms with E-state index >= 15 is 0 Å². The van der Waals surface area contributed by atoms with Crippen LogP contribution in [0.4, 0.5) is 4.39 Å². The van der Waals surface area contributed by atoms with Gasteiger partial charge in [-0.2, -0.15) is 0 Å². The molecular formula is C15H12BrFO4. The molecule has 4 nitrogen and oxygen atoms in total. The number of carboxylic acid groups (broad SMARTS) is 1. The van der Waals surface area contributed by atoms with Crippen LogP contribution >= 0.6 is 15.9 Å². The lowest BCUT2D eigenvalue weighted by Gasteiger charge is -2.11. The molecule has 0 fully saturated rings. The molecule has 21 heavy (non-hydrogen) atoms. The number of halogens is 2. The Hall–Kier alpha value is -2.08. The molecule has 0 bridgehead atoms. The van der Waals surface area contributed by atoms with E-state index in [1.54, 1.807) is 18.2 Å². The van der Waals surface area contributed by atoms with Gasteiger partial charge in [-0.1, -0.05) is 6.07 Å². The average molecular weight is 355 g/mol. The van der Waals surface area contributed by atoms with Gasteiger partial charge in [-0.3, -0.25) is 0 Å². The minimum Gasteiger partial charge on any atom is -0.497 e. The Morgan fingerprint density at radius 1 is 1.29 bits per heavy atom. The van der Waals surface area contributed by atoms with Gasteiger partial charge in [0.1, 0.15) is 29.5 Å². The van der Waals surface area contributed by atoms with Crippen LogP contribution in [0.25, 0.3) is 0 Å². The van der Waals surface area contributed by atoms with Gasteiger partial charge in [0.2, 0.25) is 0 Å². The van der Waals surface area contributed by atoms with Crippen LogP contribution in [0.2, 0.25) is 0 Å². The van der Waals surface area contributed by atoms with Crippen LogP contribution in [0.3, 0.4) is 0 Å². The molecule has 2 aromatic carbocycles. The van der Waals surface area contributed by atoms with E-state index in [0.717, 1.165) is 0 Å². The lowest BCUT2D eigenvalue weighted by atomic mass is 10.2. The first-order valence-electron chi connectivity index (χ1n) is 5.99. The van der Waals surface area contributed by atoms with Crippen molar-refractivity contribution in [1.82, 2.24) is 0 Å². The van der Waals surface area contributed by atoms with Gasteiger partial charge in [-0.15, -0.1) is 0 Å². The lowest BCUT2D eigenvalue weighted by Crippen LogP contribution is -2.04. The molecule has 0 aliphatic heterocycles. The second kappa shape index (κ2) is 6.58. The van der Waals surface area contributed by atoms with Crippen molar-refractivity contribution >= 4 is 21.9 Å². The molecule has 0 aliphatic carbocycles. The Bertz CT molecular complexity index is 673. The van der Waals surface area contributed by atoms with E-state index < -0.39 is 5.97 Å². The number of aromatic carboxylic acids is 1. The Labute approximate surface area is 129 Å². The Balaban J connectivity index is 2.21. The molecule has 0 unspecified atom stereocenters. The molecule has 0 spiro atoms. The fourth-order valence-corrected chi connectivity index (χ4v) is 2.14. The molecular weight excluding hydrogens is 343 g/mol. The van der Waals surface area contributed by atoms with Crippen LogP contribution in [-0.2, 0) is 6.61 Å². The fourth-order valence-electron chi connectivity index (χ4n) is 1.72. The molecule has 0 atom stereocenters. The molecule has 1 N–H and O–H groups in total. The summed E-state index contributed by atoms with van der Waals surface area (Å²) in [5.41, 5.74) is 0.749. The van der Waals surface area contributed by atoms with Crippen molar-refractivity contribution < 1.29 is 23.8 Å². The van der Waals surface area contributed by atoms with Crippen molar-refractivity contribution in [3.63, 3.8) is 0 Å². The molecule has 2 aromatic rings. The molecule has 0 aliphatic rings. The minimum absolute atomic E-state index is 0.0389. The van der Waals surface area contributed by atoms with Gasteiger partial charge in [0, 0.05) is 6.07 Å². The maximum atomic E-state index is 13.1. The van der Waals surface area contributed by atoms with Gasteiger partial charge < -0.3 is 14.6 Å². The van der Waals surface area contributed by atoms with Crippen molar-refractivity contribution in [2.75, 3.05) is 7.11 Å². The largest absolute Gasteiger partial charge is 0.497 e. The molecule has 2 rings (SSSR count). The summed E-state index contributed by atoms with van der Waals surface area (Å²) in [5, 5.41) is 9.13. The molecule has 110 valence electrons. The third kappa shape index (κ3) is 3.72. The van der Waals surface area contributed by atoms with E-state index in [0.29, 0.717) is 15.8 Å². The number of benzene rings is 2. The first-order valence-corrected chi connectivity index (χ1v) is 6.78. The standard InChI is InChI=1S/C15H12BrFO4/c1-20-10-3-4-11(15(18)19)14(7-10)21-8-9-2-5-13(17)12(16)6-9/h2-7H,8H2,1H3,(H,18,19). The topological polar surface area (TPSA) is 55.8 Å². The van der Waals surface area contributed by atoms with Gasteiger partial charge in [0.15, 0.2) is 0 Å². The highest BCUT2D eigenvalue weighted by Crippen LogP contribution is 2.26. The molecule has 0 amide bonds. The average Bonchev–Trinajstić information content (AvgIpc) is 2.48. The van der Waals surface area contributed by atoms with E-state index in [1.807, 2.05) is 0 Å². The smallest absolute Gasteiger partial charge is 0.339 e. The SMILES string of the molecule is COc1ccc(C(=O)O)c(OCc2ccc(F)c(Br)c2)c1. The van der Waals surface area contributed by atoms with Gasteiger partial charge in [0.25, 0.3) is 0 Å². The van der Waals surface area contributed by atoms with Crippen LogP contribution in [0.15, 0.2) is 40.9 Å². The number of hydrogen-bond acceptors (Lipinski definition) is 3. The summed E-state index contributed by atoms with van der Waals surface area (Å²) < 4.78 is 24.0. The number of hydrogen-bond donors (Lipinski definition) is 1. The van der Waals surface area contributed by atoms with Crippen molar-refractivity contribution in [2.45, 2.75) is 6.61 Å². The van der Waals surface area contributed by atoms with Crippen LogP contribution in [0.1, 0.15) is 15.9 Å². The zero-order valence-electron chi connectivity index (χ0n) is 11.1. The first kappa shape index (κ1) is 15.3. The Morgan fingerprint density at radius 3 is 2.67 bits per heavy atom. The van der Waals surface area contributed by atoms with Crippen LogP contribution < -0.4 is 9.47 Å². The van der Waals surface area contributed by atoms with Gasteiger partial charge >= 0.3 is 5.97 Å². The van der Waals surface area contributed by atoms with E-state index in [9.17, 15) is 9.18 Å².